The highest BCUT2D eigenvalue weighted by Gasteiger charge is 2.34. The molecule has 3 aliphatic rings. The van der Waals surface area contributed by atoms with Crippen LogP contribution in [0.15, 0.2) is 16.7 Å². The number of halogens is 1. The van der Waals surface area contributed by atoms with Crippen LogP contribution in [-0.2, 0) is 0 Å². The molecule has 3 saturated heterocycles. The average molecular weight is 308 g/mol. The molecule has 0 aliphatic carbocycles. The quantitative estimate of drug-likeness (QED) is 0.923. The van der Waals surface area contributed by atoms with E-state index in [2.05, 4.69) is 41.4 Å². The predicted octanol–water partition coefficient (Wildman–Crippen LogP) is 3.37. The highest BCUT2D eigenvalue weighted by molar-refractivity contribution is 5.90. The highest BCUT2D eigenvalue weighted by Crippen LogP contribution is 2.32. The first-order valence-electron chi connectivity index (χ1n) is 7.57. The topological polar surface area (TPSA) is 41.3 Å². The second kappa shape index (κ2) is 5.50. The zero-order chi connectivity index (χ0) is 13.7. The Kier molecular flexibility index (Phi) is 3.84. The summed E-state index contributed by atoms with van der Waals surface area (Å²) in [6, 6.07) is 4.79. The van der Waals surface area contributed by atoms with Gasteiger partial charge in [0.25, 0.3) is 0 Å². The van der Waals surface area contributed by atoms with Crippen LogP contribution in [0.3, 0.4) is 0 Å². The fourth-order valence-corrected chi connectivity index (χ4v) is 3.64. The number of piperidine rings is 3. The van der Waals surface area contributed by atoms with Gasteiger partial charge in [-0.15, -0.1) is 12.4 Å². The third-order valence-corrected chi connectivity index (χ3v) is 5.14. The van der Waals surface area contributed by atoms with Gasteiger partial charge in [-0.25, -0.2) is 0 Å². The van der Waals surface area contributed by atoms with E-state index in [4.69, 9.17) is 4.52 Å². The molecule has 1 atom stereocenters. The number of benzene rings is 1. The number of aryl methyl sites for hydroxylation is 2. The maximum absolute atomic E-state index is 5.56. The third-order valence-electron chi connectivity index (χ3n) is 5.14. The van der Waals surface area contributed by atoms with Crippen LogP contribution in [0.4, 0.5) is 5.82 Å². The summed E-state index contributed by atoms with van der Waals surface area (Å²) in [5.74, 6) is 1.71. The summed E-state index contributed by atoms with van der Waals surface area (Å²) in [6.07, 6.45) is 2.62. The van der Waals surface area contributed by atoms with Gasteiger partial charge in [-0.05, 0) is 62.9 Å². The van der Waals surface area contributed by atoms with E-state index in [1.165, 1.54) is 37.1 Å². The molecule has 1 aromatic carbocycles. The van der Waals surface area contributed by atoms with Gasteiger partial charge in [-0.2, -0.15) is 0 Å². The van der Waals surface area contributed by atoms with E-state index in [0.29, 0.717) is 6.04 Å². The van der Waals surface area contributed by atoms with Crippen LogP contribution in [0.2, 0.25) is 0 Å². The molecule has 114 valence electrons. The molecule has 2 bridgehead atoms. The lowest BCUT2D eigenvalue weighted by atomic mass is 9.84. The second-order valence-corrected chi connectivity index (χ2v) is 6.30. The molecule has 21 heavy (non-hydrogen) atoms. The molecular weight excluding hydrogens is 286 g/mol. The Balaban J connectivity index is 0.00000132. The number of fused-ring (bicyclic) bond motifs is 4. The highest BCUT2D eigenvalue weighted by atomic mass is 35.5. The molecule has 0 radical (unpaired) electrons. The van der Waals surface area contributed by atoms with Crippen molar-refractivity contribution in [1.82, 2.24) is 10.1 Å². The lowest BCUT2D eigenvalue weighted by molar-refractivity contribution is 0.0973. The number of nitrogens with one attached hydrogen (secondary N) is 1. The molecule has 0 spiro atoms. The van der Waals surface area contributed by atoms with Gasteiger partial charge in [0.1, 0.15) is 0 Å². The van der Waals surface area contributed by atoms with Crippen molar-refractivity contribution in [2.24, 2.45) is 5.92 Å². The Morgan fingerprint density at radius 2 is 2.00 bits per heavy atom. The lowest BCUT2D eigenvalue weighted by Gasteiger charge is -2.44. The first kappa shape index (κ1) is 14.7. The SMILES string of the molecule is Cc1ccc2c(NC3CN4CCC3CC4)noc2c1C.Cl. The minimum absolute atomic E-state index is 0. The Bertz CT molecular complexity index is 646. The predicted molar refractivity (Wildman–Crippen MR) is 87.3 cm³/mol. The third kappa shape index (κ3) is 2.40. The number of aromatic nitrogens is 1. The monoisotopic (exact) mass is 307 g/mol. The molecule has 5 heteroatoms. The van der Waals surface area contributed by atoms with Crippen LogP contribution >= 0.6 is 12.4 Å². The van der Waals surface area contributed by atoms with Gasteiger partial charge in [0, 0.05) is 12.6 Å². The number of hydrogen-bond donors (Lipinski definition) is 1. The summed E-state index contributed by atoms with van der Waals surface area (Å²) in [6.45, 7) is 7.88. The van der Waals surface area contributed by atoms with Crippen LogP contribution in [0.1, 0.15) is 24.0 Å². The van der Waals surface area contributed by atoms with Gasteiger partial charge in [0.05, 0.1) is 5.39 Å². The van der Waals surface area contributed by atoms with Crippen molar-refractivity contribution in [1.29, 1.82) is 0 Å². The average Bonchev–Trinajstić information content (AvgIpc) is 2.88. The molecule has 5 rings (SSSR count). The van der Waals surface area contributed by atoms with E-state index < -0.39 is 0 Å². The van der Waals surface area contributed by atoms with E-state index in [1.54, 1.807) is 0 Å². The van der Waals surface area contributed by atoms with Gasteiger partial charge >= 0.3 is 0 Å². The van der Waals surface area contributed by atoms with Crippen molar-refractivity contribution >= 4 is 29.2 Å². The van der Waals surface area contributed by atoms with Crippen LogP contribution < -0.4 is 5.32 Å². The summed E-state index contributed by atoms with van der Waals surface area (Å²) >= 11 is 0. The summed E-state index contributed by atoms with van der Waals surface area (Å²) in [5.41, 5.74) is 3.37. The summed E-state index contributed by atoms with van der Waals surface area (Å²) in [7, 11) is 0. The zero-order valence-electron chi connectivity index (χ0n) is 12.6. The number of hydrogen-bond acceptors (Lipinski definition) is 4. The van der Waals surface area contributed by atoms with Gasteiger partial charge in [-0.3, -0.25) is 0 Å². The second-order valence-electron chi connectivity index (χ2n) is 6.30. The molecule has 0 saturated carbocycles. The van der Waals surface area contributed by atoms with Crippen LogP contribution in [0.5, 0.6) is 0 Å². The Hall–Kier alpha value is -1.26. The fourth-order valence-electron chi connectivity index (χ4n) is 3.64. The fraction of sp³-hybridized carbons (Fsp3) is 0.562. The molecule has 0 amide bonds. The normalized spacial score (nSPS) is 27.6. The van der Waals surface area contributed by atoms with Gasteiger partial charge in [-0.1, -0.05) is 11.2 Å². The molecular formula is C16H22ClN3O. The first-order chi connectivity index (χ1) is 9.72. The van der Waals surface area contributed by atoms with Crippen molar-refractivity contribution in [2.45, 2.75) is 32.7 Å². The molecule has 4 nitrogen and oxygen atoms in total. The van der Waals surface area contributed by atoms with E-state index in [9.17, 15) is 0 Å². The van der Waals surface area contributed by atoms with Gasteiger partial charge in [0.2, 0.25) is 0 Å². The number of anilines is 1. The lowest BCUT2D eigenvalue weighted by Crippen LogP contribution is -2.53. The first-order valence-corrected chi connectivity index (χ1v) is 7.57. The molecule has 1 unspecified atom stereocenters. The maximum atomic E-state index is 5.56. The summed E-state index contributed by atoms with van der Waals surface area (Å²) in [5, 5.41) is 9.02. The van der Waals surface area contributed by atoms with Crippen molar-refractivity contribution in [2.75, 3.05) is 25.0 Å². The molecule has 2 aromatic rings. The molecule has 3 aliphatic heterocycles. The minimum Gasteiger partial charge on any atom is -0.362 e. The number of rotatable bonds is 2. The van der Waals surface area contributed by atoms with E-state index in [1.807, 2.05) is 0 Å². The maximum Gasteiger partial charge on any atom is 0.177 e. The van der Waals surface area contributed by atoms with E-state index in [0.717, 1.165) is 29.2 Å². The molecule has 4 heterocycles. The minimum atomic E-state index is 0. The van der Waals surface area contributed by atoms with Crippen LogP contribution in [0.25, 0.3) is 11.0 Å². The van der Waals surface area contributed by atoms with Crippen molar-refractivity contribution in [3.63, 3.8) is 0 Å². The van der Waals surface area contributed by atoms with Crippen molar-refractivity contribution < 1.29 is 4.52 Å². The van der Waals surface area contributed by atoms with Gasteiger partial charge in [0.15, 0.2) is 11.4 Å². The van der Waals surface area contributed by atoms with E-state index >= 15 is 0 Å². The largest absolute Gasteiger partial charge is 0.362 e. The molecule has 1 aromatic heterocycles. The summed E-state index contributed by atoms with van der Waals surface area (Å²) < 4.78 is 5.56. The standard InChI is InChI=1S/C16H21N3O.ClH/c1-10-3-4-13-15(11(10)2)20-18-16(13)17-14-9-19-7-5-12(14)6-8-19;/h3-4,12,14H,5-9H2,1-2H3,(H,17,18);1H. The van der Waals surface area contributed by atoms with Crippen LogP contribution in [0, 0.1) is 19.8 Å². The van der Waals surface area contributed by atoms with E-state index in [-0.39, 0.29) is 12.4 Å². The molecule has 3 fully saturated rings. The Morgan fingerprint density at radius 3 is 2.67 bits per heavy atom. The Labute approximate surface area is 131 Å². The molecule has 1 N–H and O–H groups in total. The number of nitrogens with zero attached hydrogens (tertiary/aromatic N) is 2. The smallest absolute Gasteiger partial charge is 0.177 e. The zero-order valence-corrected chi connectivity index (χ0v) is 13.4. The summed E-state index contributed by atoms with van der Waals surface area (Å²) in [4.78, 5) is 2.55. The Morgan fingerprint density at radius 1 is 1.24 bits per heavy atom. The van der Waals surface area contributed by atoms with Crippen molar-refractivity contribution in [3.8, 4) is 0 Å². The van der Waals surface area contributed by atoms with Gasteiger partial charge < -0.3 is 14.7 Å². The van der Waals surface area contributed by atoms with Crippen LogP contribution in [-0.4, -0.2) is 35.7 Å². The van der Waals surface area contributed by atoms with Crippen molar-refractivity contribution in [3.05, 3.63) is 23.3 Å².